The highest BCUT2D eigenvalue weighted by molar-refractivity contribution is 5.97. The lowest BCUT2D eigenvalue weighted by Gasteiger charge is -2.59. The van der Waals surface area contributed by atoms with Gasteiger partial charge in [0.25, 0.3) is 5.91 Å². The average molecular weight is 441 g/mol. The minimum Gasteiger partial charge on any atom is -0.383 e. The molecule has 3 aromatic heterocycles. The van der Waals surface area contributed by atoms with Crippen molar-refractivity contribution in [3.05, 3.63) is 61.0 Å². The van der Waals surface area contributed by atoms with Crippen molar-refractivity contribution >= 4 is 17.5 Å². The van der Waals surface area contributed by atoms with Crippen LogP contribution >= 0.6 is 0 Å². The standard InChI is InChI=1S/C23H23N9O/c1-15(8-24)22(33)31-12-23(13-31)6-18(7-23)30-21-19(20(25)27-14-28-21)17-9-29-32(11-17)10-16-2-4-26-5-3-16/h2-5,9,11,14,18H,1,6-7,10,12-13H2,(H3,25,27,28,30). The van der Waals surface area contributed by atoms with E-state index in [0.717, 1.165) is 29.5 Å². The van der Waals surface area contributed by atoms with Crippen molar-refractivity contribution in [1.29, 1.82) is 5.26 Å². The van der Waals surface area contributed by atoms with Gasteiger partial charge in [0.2, 0.25) is 0 Å². The number of hydrogen-bond acceptors (Lipinski definition) is 8. The highest BCUT2D eigenvalue weighted by atomic mass is 16.2. The van der Waals surface area contributed by atoms with Crippen LogP contribution in [0.5, 0.6) is 0 Å². The number of nitrogens with two attached hydrogens (primary N) is 1. The number of aromatic nitrogens is 5. The molecule has 1 amide bonds. The summed E-state index contributed by atoms with van der Waals surface area (Å²) in [6, 6.07) is 5.95. The zero-order valence-corrected chi connectivity index (χ0v) is 18.0. The maximum absolute atomic E-state index is 12.1. The number of pyridine rings is 1. The Labute approximate surface area is 190 Å². The molecule has 0 radical (unpaired) electrons. The fourth-order valence-electron chi connectivity index (χ4n) is 4.73. The van der Waals surface area contributed by atoms with Crippen molar-refractivity contribution in [1.82, 2.24) is 29.6 Å². The largest absolute Gasteiger partial charge is 0.383 e. The topological polar surface area (TPSA) is 139 Å². The van der Waals surface area contributed by atoms with Gasteiger partial charge in [0.05, 0.1) is 18.3 Å². The van der Waals surface area contributed by atoms with Crippen LogP contribution in [-0.4, -0.2) is 54.7 Å². The zero-order valence-electron chi connectivity index (χ0n) is 18.0. The molecule has 3 aromatic rings. The molecule has 2 fully saturated rings. The van der Waals surface area contributed by atoms with Crippen LogP contribution in [0.25, 0.3) is 11.1 Å². The van der Waals surface area contributed by atoms with Crippen molar-refractivity contribution in [2.75, 3.05) is 24.1 Å². The SMILES string of the molecule is C=C(C#N)C(=O)N1CC2(CC(Nc3ncnc(N)c3-c3cnn(Cc4ccncc4)c3)C2)C1. The third kappa shape index (κ3) is 3.89. The van der Waals surface area contributed by atoms with Gasteiger partial charge in [-0.1, -0.05) is 6.58 Å². The number of nitriles is 1. The molecule has 1 saturated carbocycles. The molecule has 5 rings (SSSR count). The summed E-state index contributed by atoms with van der Waals surface area (Å²) in [4.78, 5) is 26.4. The molecule has 1 saturated heterocycles. The third-order valence-corrected chi connectivity index (χ3v) is 6.32. The Hall–Kier alpha value is -4.26. The molecular formula is C23H23N9O. The van der Waals surface area contributed by atoms with E-state index in [2.05, 4.69) is 31.9 Å². The molecule has 0 bridgehead atoms. The number of amides is 1. The number of likely N-dealkylation sites (tertiary alicyclic amines) is 1. The van der Waals surface area contributed by atoms with Gasteiger partial charge in [0, 0.05) is 48.7 Å². The second kappa shape index (κ2) is 8.02. The first kappa shape index (κ1) is 20.6. The zero-order chi connectivity index (χ0) is 23.0. The lowest BCUT2D eigenvalue weighted by atomic mass is 9.60. The maximum Gasteiger partial charge on any atom is 0.263 e. The van der Waals surface area contributed by atoms with E-state index < -0.39 is 0 Å². The Morgan fingerprint density at radius 3 is 2.79 bits per heavy atom. The number of nitrogens with zero attached hydrogens (tertiary/aromatic N) is 7. The first-order valence-corrected chi connectivity index (χ1v) is 10.6. The van der Waals surface area contributed by atoms with Crippen molar-refractivity contribution in [2.45, 2.75) is 25.4 Å². The summed E-state index contributed by atoms with van der Waals surface area (Å²) >= 11 is 0. The van der Waals surface area contributed by atoms with Crippen LogP contribution in [0, 0.1) is 16.7 Å². The summed E-state index contributed by atoms with van der Waals surface area (Å²) < 4.78 is 1.84. The van der Waals surface area contributed by atoms with E-state index in [-0.39, 0.29) is 22.9 Å². The van der Waals surface area contributed by atoms with Gasteiger partial charge in [0.1, 0.15) is 29.6 Å². The Kier molecular flexibility index (Phi) is 5.01. The second-order valence-electron chi connectivity index (χ2n) is 8.77. The Bertz CT molecular complexity index is 1250. The summed E-state index contributed by atoms with van der Waals surface area (Å²) in [7, 11) is 0. The Balaban J connectivity index is 1.25. The number of anilines is 2. The molecule has 166 valence electrons. The van der Waals surface area contributed by atoms with Crippen LogP contribution in [0.4, 0.5) is 11.6 Å². The van der Waals surface area contributed by atoms with E-state index in [9.17, 15) is 4.79 Å². The van der Waals surface area contributed by atoms with Crippen molar-refractivity contribution in [2.24, 2.45) is 5.41 Å². The quantitative estimate of drug-likeness (QED) is 0.436. The summed E-state index contributed by atoms with van der Waals surface area (Å²) in [6.45, 7) is 5.45. The summed E-state index contributed by atoms with van der Waals surface area (Å²) in [5, 5.41) is 16.8. The Morgan fingerprint density at radius 2 is 2.06 bits per heavy atom. The molecule has 33 heavy (non-hydrogen) atoms. The predicted molar refractivity (Wildman–Crippen MR) is 121 cm³/mol. The number of nitrogen functional groups attached to an aromatic ring is 1. The molecular weight excluding hydrogens is 418 g/mol. The highest BCUT2D eigenvalue weighted by Crippen LogP contribution is 2.50. The second-order valence-corrected chi connectivity index (χ2v) is 8.77. The van der Waals surface area contributed by atoms with Crippen LogP contribution in [0.3, 0.4) is 0 Å². The van der Waals surface area contributed by atoms with Gasteiger partial charge < -0.3 is 16.0 Å². The van der Waals surface area contributed by atoms with Gasteiger partial charge in [0.15, 0.2) is 0 Å². The van der Waals surface area contributed by atoms with Crippen LogP contribution in [-0.2, 0) is 11.3 Å². The smallest absolute Gasteiger partial charge is 0.263 e. The van der Waals surface area contributed by atoms with Crippen molar-refractivity contribution in [3.63, 3.8) is 0 Å². The first-order chi connectivity index (χ1) is 16.0. The number of rotatable bonds is 6. The Morgan fingerprint density at radius 1 is 1.30 bits per heavy atom. The number of carbonyl (C=O) groups excluding carboxylic acids is 1. The normalized spacial score (nSPS) is 16.5. The molecule has 1 spiro atoms. The van der Waals surface area contributed by atoms with Crippen LogP contribution in [0.2, 0.25) is 0 Å². The minimum atomic E-state index is -0.269. The average Bonchev–Trinajstić information content (AvgIpc) is 3.22. The summed E-state index contributed by atoms with van der Waals surface area (Å²) in [6.07, 6.45) is 10.5. The molecule has 4 heterocycles. The predicted octanol–water partition coefficient (Wildman–Crippen LogP) is 1.85. The van der Waals surface area contributed by atoms with Gasteiger partial charge >= 0.3 is 0 Å². The van der Waals surface area contributed by atoms with E-state index in [1.165, 1.54) is 6.33 Å². The van der Waals surface area contributed by atoms with Crippen LogP contribution in [0.1, 0.15) is 18.4 Å². The molecule has 0 unspecified atom stereocenters. The van der Waals surface area contributed by atoms with Crippen molar-refractivity contribution in [3.8, 4) is 17.2 Å². The van der Waals surface area contributed by atoms with E-state index in [1.807, 2.05) is 29.1 Å². The highest BCUT2D eigenvalue weighted by Gasteiger charge is 2.54. The number of hydrogen-bond donors (Lipinski definition) is 2. The molecule has 10 nitrogen and oxygen atoms in total. The molecule has 1 aliphatic carbocycles. The van der Waals surface area contributed by atoms with Gasteiger partial charge in [-0.2, -0.15) is 10.4 Å². The fourth-order valence-corrected chi connectivity index (χ4v) is 4.73. The maximum atomic E-state index is 12.1. The summed E-state index contributed by atoms with van der Waals surface area (Å²) in [5.41, 5.74) is 8.99. The molecule has 1 aliphatic heterocycles. The molecule has 3 N–H and O–H groups in total. The van der Waals surface area contributed by atoms with E-state index >= 15 is 0 Å². The molecule has 10 heteroatoms. The van der Waals surface area contributed by atoms with E-state index in [0.29, 0.717) is 31.3 Å². The molecule has 0 aromatic carbocycles. The van der Waals surface area contributed by atoms with Gasteiger partial charge in [-0.25, -0.2) is 9.97 Å². The van der Waals surface area contributed by atoms with Crippen molar-refractivity contribution < 1.29 is 4.79 Å². The third-order valence-electron chi connectivity index (χ3n) is 6.32. The number of nitrogens with one attached hydrogen (secondary N) is 1. The first-order valence-electron chi connectivity index (χ1n) is 10.6. The molecule has 2 aliphatic rings. The van der Waals surface area contributed by atoms with Gasteiger partial charge in [-0.15, -0.1) is 0 Å². The minimum absolute atomic E-state index is 0.00979. The lowest BCUT2D eigenvalue weighted by Crippen LogP contribution is -2.66. The summed E-state index contributed by atoms with van der Waals surface area (Å²) in [5.74, 6) is 0.797. The van der Waals surface area contributed by atoms with Crippen LogP contribution < -0.4 is 11.1 Å². The van der Waals surface area contributed by atoms with E-state index in [4.69, 9.17) is 11.0 Å². The van der Waals surface area contributed by atoms with E-state index in [1.54, 1.807) is 23.5 Å². The van der Waals surface area contributed by atoms with Gasteiger partial charge in [-0.05, 0) is 30.5 Å². The fraction of sp³-hybridized carbons (Fsp3) is 0.304. The monoisotopic (exact) mass is 441 g/mol. The number of carbonyl (C=O) groups is 1. The van der Waals surface area contributed by atoms with Gasteiger partial charge in [-0.3, -0.25) is 14.5 Å². The molecule has 0 atom stereocenters. The lowest BCUT2D eigenvalue weighted by molar-refractivity contribution is -0.145. The van der Waals surface area contributed by atoms with Crippen LogP contribution in [0.15, 0.2) is 55.4 Å².